The molecule has 0 radical (unpaired) electrons. The molecule has 4 amide bonds. The third-order valence-corrected chi connectivity index (χ3v) is 3.43. The molecular formula is C13H14N5O6-. The van der Waals surface area contributed by atoms with Crippen LogP contribution in [0.1, 0.15) is 20.3 Å². The fraction of sp³-hybridized carbons (Fsp3) is 0.385. The minimum absolute atomic E-state index is 0.0271. The third kappa shape index (κ3) is 3.24. The zero-order valence-electron chi connectivity index (χ0n) is 12.8. The molecule has 11 heteroatoms. The van der Waals surface area contributed by atoms with Crippen molar-refractivity contribution in [1.82, 2.24) is 20.2 Å². The maximum absolute atomic E-state index is 12.3. The summed E-state index contributed by atoms with van der Waals surface area (Å²) in [7, 11) is 0. The van der Waals surface area contributed by atoms with Crippen LogP contribution in [0.2, 0.25) is 0 Å². The number of aliphatic imine (C=N–C) groups is 1. The van der Waals surface area contributed by atoms with Crippen molar-refractivity contribution >= 4 is 29.2 Å². The number of amides is 4. The first kappa shape index (κ1) is 17.1. The topological polar surface area (TPSA) is 166 Å². The lowest BCUT2D eigenvalue weighted by atomic mass is 10.1. The Hall–Kier alpha value is -3.24. The van der Waals surface area contributed by atoms with Crippen molar-refractivity contribution in [2.45, 2.75) is 26.8 Å². The molecule has 3 N–H and O–H groups in total. The molecular weight excluding hydrogens is 322 g/mol. The van der Waals surface area contributed by atoms with E-state index < -0.39 is 46.4 Å². The van der Waals surface area contributed by atoms with Gasteiger partial charge in [0, 0.05) is 12.4 Å². The number of urea groups is 1. The number of carbonyl (C=O) groups is 3. The quantitative estimate of drug-likeness (QED) is 0.580. The minimum Gasteiger partial charge on any atom is -0.858 e. The maximum Gasteiger partial charge on any atom is 0.328 e. The van der Waals surface area contributed by atoms with Gasteiger partial charge in [-0.15, -0.1) is 0 Å². The summed E-state index contributed by atoms with van der Waals surface area (Å²) < 4.78 is 0.777. The van der Waals surface area contributed by atoms with E-state index in [9.17, 15) is 29.1 Å². The molecule has 1 aliphatic heterocycles. The van der Waals surface area contributed by atoms with Crippen LogP contribution in [0.3, 0.4) is 0 Å². The van der Waals surface area contributed by atoms with Gasteiger partial charge in [0.2, 0.25) is 0 Å². The van der Waals surface area contributed by atoms with Gasteiger partial charge in [-0.25, -0.2) is 14.6 Å². The van der Waals surface area contributed by atoms with Gasteiger partial charge in [0.25, 0.3) is 17.4 Å². The number of hydrogen-bond acceptors (Lipinski definition) is 7. The van der Waals surface area contributed by atoms with Crippen molar-refractivity contribution < 1.29 is 19.5 Å². The molecule has 0 saturated carbocycles. The van der Waals surface area contributed by atoms with Crippen molar-refractivity contribution in [3.8, 4) is 5.88 Å². The van der Waals surface area contributed by atoms with E-state index in [2.05, 4.69) is 4.99 Å². The molecule has 11 nitrogen and oxygen atoms in total. The molecule has 0 bridgehead atoms. The molecule has 2 rings (SSSR count). The first-order valence-electron chi connectivity index (χ1n) is 7.04. The Morgan fingerprint density at radius 3 is 2.25 bits per heavy atom. The van der Waals surface area contributed by atoms with E-state index >= 15 is 0 Å². The van der Waals surface area contributed by atoms with Crippen molar-refractivity contribution in [2.24, 2.45) is 10.9 Å². The highest BCUT2D eigenvalue weighted by atomic mass is 16.3. The smallest absolute Gasteiger partial charge is 0.328 e. The summed E-state index contributed by atoms with van der Waals surface area (Å²) in [6.07, 6.45) is 0.682. The molecule has 1 saturated heterocycles. The molecule has 1 aliphatic rings. The van der Waals surface area contributed by atoms with E-state index in [1.807, 2.05) is 11.9 Å². The second-order valence-electron chi connectivity index (χ2n) is 5.23. The van der Waals surface area contributed by atoms with Crippen molar-refractivity contribution in [3.63, 3.8) is 0 Å². The number of barbiturate groups is 1. The van der Waals surface area contributed by atoms with Crippen LogP contribution in [0.15, 0.2) is 14.6 Å². The van der Waals surface area contributed by atoms with Crippen molar-refractivity contribution in [3.05, 3.63) is 20.8 Å². The van der Waals surface area contributed by atoms with E-state index in [1.54, 1.807) is 17.6 Å². The van der Waals surface area contributed by atoms with Crippen LogP contribution in [0.4, 0.5) is 10.5 Å². The fourth-order valence-electron chi connectivity index (χ4n) is 1.92. The SMILES string of the molecule is CCC(C)Cn1c([O-])c(N=C2C(=O)NC(=O)NC2=O)c(=O)[nH]c1=O. The Balaban J connectivity index is 2.57. The molecule has 1 fully saturated rings. The molecule has 0 aliphatic carbocycles. The second-order valence-corrected chi connectivity index (χ2v) is 5.23. The summed E-state index contributed by atoms with van der Waals surface area (Å²) in [6, 6.07) is -1.04. The molecule has 1 unspecified atom stereocenters. The van der Waals surface area contributed by atoms with Gasteiger partial charge < -0.3 is 9.67 Å². The fourth-order valence-corrected chi connectivity index (χ4v) is 1.92. The van der Waals surface area contributed by atoms with Crippen LogP contribution in [0.25, 0.3) is 0 Å². The Morgan fingerprint density at radius 1 is 1.12 bits per heavy atom. The molecule has 0 aromatic carbocycles. The van der Waals surface area contributed by atoms with Crippen LogP contribution < -0.4 is 27.0 Å². The first-order chi connectivity index (χ1) is 11.2. The minimum atomic E-state index is -1.15. The average molecular weight is 336 g/mol. The summed E-state index contributed by atoms with van der Waals surface area (Å²) in [5.74, 6) is -3.35. The number of nitrogens with zero attached hydrogens (tertiary/aromatic N) is 2. The molecule has 1 aromatic rings. The van der Waals surface area contributed by atoms with E-state index in [-0.39, 0.29) is 12.5 Å². The predicted molar refractivity (Wildman–Crippen MR) is 79.0 cm³/mol. The lowest BCUT2D eigenvalue weighted by Crippen LogP contribution is -2.56. The lowest BCUT2D eigenvalue weighted by molar-refractivity contribution is -0.279. The van der Waals surface area contributed by atoms with Crippen LogP contribution in [-0.4, -0.2) is 33.1 Å². The number of aromatic nitrogens is 2. The summed E-state index contributed by atoms with van der Waals surface area (Å²) in [5.41, 5.74) is -3.64. The average Bonchev–Trinajstić information content (AvgIpc) is 2.49. The Labute approximate surface area is 134 Å². The third-order valence-electron chi connectivity index (χ3n) is 3.43. The highest BCUT2D eigenvalue weighted by molar-refractivity contribution is 6.69. The van der Waals surface area contributed by atoms with Gasteiger partial charge in [0.05, 0.1) is 0 Å². The summed E-state index contributed by atoms with van der Waals surface area (Å²) in [6.45, 7) is 3.70. The van der Waals surface area contributed by atoms with E-state index in [0.717, 1.165) is 4.57 Å². The number of imide groups is 2. The summed E-state index contributed by atoms with van der Waals surface area (Å²) >= 11 is 0. The maximum atomic E-state index is 12.3. The van der Waals surface area contributed by atoms with Crippen LogP contribution >= 0.6 is 0 Å². The van der Waals surface area contributed by atoms with Crippen LogP contribution in [0.5, 0.6) is 5.88 Å². The largest absolute Gasteiger partial charge is 0.858 e. The van der Waals surface area contributed by atoms with Crippen LogP contribution in [-0.2, 0) is 16.1 Å². The number of H-pyrrole nitrogens is 1. The molecule has 24 heavy (non-hydrogen) atoms. The number of nitrogens with one attached hydrogen (secondary N) is 3. The number of rotatable bonds is 4. The Bertz CT molecular complexity index is 843. The highest BCUT2D eigenvalue weighted by Gasteiger charge is 2.30. The summed E-state index contributed by atoms with van der Waals surface area (Å²) in [5, 5.41) is 15.8. The lowest BCUT2D eigenvalue weighted by Gasteiger charge is -2.20. The highest BCUT2D eigenvalue weighted by Crippen LogP contribution is 2.18. The standard InChI is InChI=1S/C13H15N5O6/c1-3-5(2)4-18-11(22)7(10(21)17-13(18)24)14-6-8(19)15-12(23)16-9(6)20/h5,22H,3-4H2,1-2H3,(H,17,21,24)(H2,15,16,19,20,23)/p-1. The van der Waals surface area contributed by atoms with Gasteiger partial charge in [-0.2, -0.15) is 0 Å². The molecule has 0 spiro atoms. The van der Waals surface area contributed by atoms with Gasteiger partial charge in [0.15, 0.2) is 5.71 Å². The van der Waals surface area contributed by atoms with Crippen LogP contribution in [0, 0.1) is 5.92 Å². The number of hydrogen-bond donors (Lipinski definition) is 3. The molecule has 1 atom stereocenters. The zero-order chi connectivity index (χ0) is 18.0. The second kappa shape index (κ2) is 6.48. The monoisotopic (exact) mass is 336 g/mol. The van der Waals surface area contributed by atoms with Gasteiger partial charge >= 0.3 is 11.7 Å². The van der Waals surface area contributed by atoms with Gasteiger partial charge in [-0.3, -0.25) is 30.0 Å². The van der Waals surface area contributed by atoms with E-state index in [1.165, 1.54) is 0 Å². The first-order valence-corrected chi connectivity index (χ1v) is 7.04. The number of aromatic amines is 1. The molecule has 1 aromatic heterocycles. The van der Waals surface area contributed by atoms with E-state index in [0.29, 0.717) is 6.42 Å². The Morgan fingerprint density at radius 2 is 1.71 bits per heavy atom. The Kier molecular flexibility index (Phi) is 4.62. The van der Waals surface area contributed by atoms with E-state index in [4.69, 9.17) is 0 Å². The van der Waals surface area contributed by atoms with Crippen molar-refractivity contribution in [1.29, 1.82) is 0 Å². The predicted octanol–water partition coefficient (Wildman–Crippen LogP) is -1.91. The molecule has 2 heterocycles. The van der Waals surface area contributed by atoms with Gasteiger partial charge in [-0.1, -0.05) is 20.3 Å². The zero-order valence-corrected chi connectivity index (χ0v) is 12.8. The van der Waals surface area contributed by atoms with Gasteiger partial charge in [-0.05, 0) is 5.92 Å². The van der Waals surface area contributed by atoms with Gasteiger partial charge in [0.1, 0.15) is 5.69 Å². The summed E-state index contributed by atoms with van der Waals surface area (Å²) in [4.78, 5) is 63.2. The number of carbonyl (C=O) groups excluding carboxylic acids is 3. The molecule has 128 valence electrons. The van der Waals surface area contributed by atoms with Crippen molar-refractivity contribution in [2.75, 3.05) is 0 Å². The normalized spacial score (nSPS) is 15.8.